The number of carboxylic acids is 1. The van der Waals surface area contributed by atoms with Gasteiger partial charge in [0.2, 0.25) is 0 Å². The molecule has 1 amide bonds. The summed E-state index contributed by atoms with van der Waals surface area (Å²) < 4.78 is 42.2. The highest BCUT2D eigenvalue weighted by Crippen LogP contribution is 2.29. The zero-order valence-electron chi connectivity index (χ0n) is 11.7. The predicted octanol–water partition coefficient (Wildman–Crippen LogP) is 2.46. The van der Waals surface area contributed by atoms with Gasteiger partial charge in [-0.25, -0.2) is 9.59 Å². The third-order valence-corrected chi connectivity index (χ3v) is 2.83. The van der Waals surface area contributed by atoms with Gasteiger partial charge in [-0.05, 0) is 5.56 Å². The summed E-state index contributed by atoms with van der Waals surface area (Å²) in [6.45, 7) is -0.167. The van der Waals surface area contributed by atoms with E-state index < -0.39 is 36.6 Å². The molecule has 23 heavy (non-hydrogen) atoms. The van der Waals surface area contributed by atoms with E-state index in [4.69, 9.17) is 15.1 Å². The van der Waals surface area contributed by atoms with Crippen LogP contribution in [0, 0.1) is 17.2 Å². The molecule has 0 aromatic heterocycles. The van der Waals surface area contributed by atoms with Gasteiger partial charge >= 0.3 is 18.2 Å². The minimum atomic E-state index is -4.88. The second-order valence-electron chi connectivity index (χ2n) is 4.56. The van der Waals surface area contributed by atoms with Crippen LogP contribution in [0.1, 0.15) is 12.0 Å². The standard InChI is InChI=1S/C14H13F3N2O4/c15-14(16,17)10(7-18)6-11(12(20)21)19-13(22)23-8-9-4-2-1-3-5-9/h1-5,10-11H,6,8H2,(H,19,22)(H,20,21). The fourth-order valence-electron chi connectivity index (χ4n) is 1.62. The highest BCUT2D eigenvalue weighted by atomic mass is 19.4. The minimum absolute atomic E-state index is 0.167. The van der Waals surface area contributed by atoms with Crippen LogP contribution in [0.4, 0.5) is 18.0 Å². The van der Waals surface area contributed by atoms with E-state index in [1.54, 1.807) is 30.3 Å². The summed E-state index contributed by atoms with van der Waals surface area (Å²) >= 11 is 0. The van der Waals surface area contributed by atoms with Crippen LogP contribution < -0.4 is 5.32 Å². The van der Waals surface area contributed by atoms with Gasteiger partial charge in [0, 0.05) is 6.42 Å². The minimum Gasteiger partial charge on any atom is -0.480 e. The van der Waals surface area contributed by atoms with Crippen molar-refractivity contribution in [3.63, 3.8) is 0 Å². The van der Waals surface area contributed by atoms with Crippen molar-refractivity contribution in [2.45, 2.75) is 25.2 Å². The van der Waals surface area contributed by atoms with Crippen LogP contribution in [0.2, 0.25) is 0 Å². The van der Waals surface area contributed by atoms with Crippen molar-refractivity contribution in [2.24, 2.45) is 5.92 Å². The molecule has 124 valence electrons. The number of rotatable bonds is 6. The maximum absolute atomic E-state index is 12.5. The monoisotopic (exact) mass is 330 g/mol. The Hall–Kier alpha value is -2.76. The molecule has 6 nitrogen and oxygen atoms in total. The highest BCUT2D eigenvalue weighted by Gasteiger charge is 2.42. The van der Waals surface area contributed by atoms with E-state index in [1.165, 1.54) is 0 Å². The van der Waals surface area contributed by atoms with Crippen molar-refractivity contribution in [2.75, 3.05) is 0 Å². The van der Waals surface area contributed by atoms with E-state index in [0.717, 1.165) is 6.07 Å². The molecule has 1 aromatic rings. The molecule has 0 aliphatic heterocycles. The van der Waals surface area contributed by atoms with Crippen molar-refractivity contribution in [1.82, 2.24) is 5.32 Å². The number of alkyl halides is 3. The molecule has 0 aliphatic carbocycles. The maximum Gasteiger partial charge on any atom is 0.408 e. The zero-order chi connectivity index (χ0) is 17.5. The molecule has 2 unspecified atom stereocenters. The highest BCUT2D eigenvalue weighted by molar-refractivity contribution is 5.79. The van der Waals surface area contributed by atoms with E-state index in [2.05, 4.69) is 0 Å². The molecule has 0 saturated heterocycles. The Morgan fingerprint density at radius 1 is 1.30 bits per heavy atom. The Balaban J connectivity index is 2.60. The number of aliphatic carboxylic acids is 1. The summed E-state index contributed by atoms with van der Waals surface area (Å²) in [4.78, 5) is 22.4. The van der Waals surface area contributed by atoms with Crippen LogP contribution in [0.5, 0.6) is 0 Å². The zero-order valence-corrected chi connectivity index (χ0v) is 11.7. The van der Waals surface area contributed by atoms with Gasteiger partial charge in [0.15, 0.2) is 0 Å². The molecule has 2 atom stereocenters. The average molecular weight is 330 g/mol. The summed E-state index contributed by atoms with van der Waals surface area (Å²) in [5, 5.41) is 19.2. The van der Waals surface area contributed by atoms with Crippen LogP contribution in [0.3, 0.4) is 0 Å². The molecule has 0 aliphatic rings. The number of carbonyl (C=O) groups is 2. The normalized spacial score (nSPS) is 13.5. The number of alkyl carbamates (subject to hydrolysis) is 1. The molecular formula is C14H13F3N2O4. The van der Waals surface area contributed by atoms with Crippen LogP contribution in [0.25, 0.3) is 0 Å². The molecule has 1 aromatic carbocycles. The second kappa shape index (κ2) is 8.03. The Morgan fingerprint density at radius 2 is 1.91 bits per heavy atom. The molecule has 2 N–H and O–H groups in total. The fraction of sp³-hybridized carbons (Fsp3) is 0.357. The predicted molar refractivity (Wildman–Crippen MR) is 71.0 cm³/mol. The van der Waals surface area contributed by atoms with E-state index >= 15 is 0 Å². The number of carbonyl (C=O) groups excluding carboxylic acids is 1. The van der Waals surface area contributed by atoms with Crippen LogP contribution >= 0.6 is 0 Å². The molecule has 0 spiro atoms. The van der Waals surface area contributed by atoms with Crippen molar-refractivity contribution < 1.29 is 32.6 Å². The molecule has 0 bridgehead atoms. The van der Waals surface area contributed by atoms with Gasteiger partial charge in [-0.2, -0.15) is 18.4 Å². The van der Waals surface area contributed by atoms with E-state index in [1.807, 2.05) is 5.32 Å². The molecule has 0 fully saturated rings. The van der Waals surface area contributed by atoms with Gasteiger partial charge in [-0.1, -0.05) is 30.3 Å². The molecule has 0 radical (unpaired) electrons. The number of hydrogen-bond acceptors (Lipinski definition) is 4. The average Bonchev–Trinajstić information content (AvgIpc) is 2.48. The largest absolute Gasteiger partial charge is 0.480 e. The van der Waals surface area contributed by atoms with Gasteiger partial charge in [0.25, 0.3) is 0 Å². The number of nitriles is 1. The lowest BCUT2D eigenvalue weighted by Crippen LogP contribution is -2.43. The Labute approximate surface area is 129 Å². The molecular weight excluding hydrogens is 317 g/mol. The topological polar surface area (TPSA) is 99.4 Å². The fourth-order valence-corrected chi connectivity index (χ4v) is 1.62. The number of hydrogen-bond donors (Lipinski definition) is 2. The third kappa shape index (κ3) is 6.25. The maximum atomic E-state index is 12.5. The first kappa shape index (κ1) is 18.3. The quantitative estimate of drug-likeness (QED) is 0.834. The van der Waals surface area contributed by atoms with Crippen LogP contribution in [0.15, 0.2) is 30.3 Å². The van der Waals surface area contributed by atoms with E-state index in [0.29, 0.717) is 5.56 Å². The molecule has 9 heteroatoms. The number of amides is 1. The van der Waals surface area contributed by atoms with Gasteiger partial charge < -0.3 is 15.2 Å². The first-order valence-electron chi connectivity index (χ1n) is 6.40. The first-order valence-corrected chi connectivity index (χ1v) is 6.40. The summed E-state index contributed by atoms with van der Waals surface area (Å²) in [5.74, 6) is -4.19. The van der Waals surface area contributed by atoms with E-state index in [-0.39, 0.29) is 6.61 Å². The van der Waals surface area contributed by atoms with Crippen molar-refractivity contribution in [3.05, 3.63) is 35.9 Å². The van der Waals surface area contributed by atoms with Gasteiger partial charge in [-0.3, -0.25) is 0 Å². The lowest BCUT2D eigenvalue weighted by molar-refractivity contribution is -0.164. The summed E-state index contributed by atoms with van der Waals surface area (Å²) in [7, 11) is 0. The van der Waals surface area contributed by atoms with Gasteiger partial charge in [-0.15, -0.1) is 0 Å². The van der Waals surface area contributed by atoms with Crippen LogP contribution in [-0.4, -0.2) is 29.4 Å². The SMILES string of the molecule is N#CC(CC(NC(=O)OCc1ccccc1)C(=O)O)C(F)(F)F. The van der Waals surface area contributed by atoms with Crippen LogP contribution in [-0.2, 0) is 16.1 Å². The summed E-state index contributed by atoms with van der Waals surface area (Å²) in [6, 6.07) is 7.52. The molecule has 0 saturated carbocycles. The van der Waals surface area contributed by atoms with Gasteiger partial charge in [0.1, 0.15) is 18.6 Å². The number of ether oxygens (including phenoxy) is 1. The molecule has 0 heterocycles. The lowest BCUT2D eigenvalue weighted by Gasteiger charge is -2.19. The number of nitrogens with one attached hydrogen (secondary N) is 1. The van der Waals surface area contributed by atoms with Crippen molar-refractivity contribution >= 4 is 12.1 Å². The number of halogens is 3. The third-order valence-electron chi connectivity index (χ3n) is 2.83. The summed E-state index contributed by atoms with van der Waals surface area (Å²) in [6.07, 6.45) is -7.16. The van der Waals surface area contributed by atoms with Gasteiger partial charge in [0.05, 0.1) is 6.07 Å². The molecule has 1 rings (SSSR count). The lowest BCUT2D eigenvalue weighted by atomic mass is 10.0. The Morgan fingerprint density at radius 3 is 2.39 bits per heavy atom. The summed E-state index contributed by atoms with van der Waals surface area (Å²) in [5.41, 5.74) is 0.625. The van der Waals surface area contributed by atoms with Crippen molar-refractivity contribution in [3.8, 4) is 6.07 Å². The van der Waals surface area contributed by atoms with E-state index in [9.17, 15) is 22.8 Å². The Kier molecular flexibility index (Phi) is 6.38. The number of benzene rings is 1. The van der Waals surface area contributed by atoms with Crippen molar-refractivity contribution in [1.29, 1.82) is 5.26 Å². The number of carboxylic acid groups (broad SMARTS) is 1. The second-order valence-corrected chi connectivity index (χ2v) is 4.56. The number of nitrogens with zero attached hydrogens (tertiary/aromatic N) is 1. The Bertz CT molecular complexity index is 584. The smallest absolute Gasteiger partial charge is 0.408 e. The first-order chi connectivity index (χ1) is 10.7.